The molecule has 1 aromatic carbocycles. The van der Waals surface area contributed by atoms with Crippen molar-refractivity contribution in [3.63, 3.8) is 0 Å². The molecule has 1 aromatic heterocycles. The molecule has 8 heteroatoms. The largest absolute Gasteiger partial charge is 0.351 e. The molecule has 0 spiro atoms. The van der Waals surface area contributed by atoms with Crippen LogP contribution < -0.4 is 10.6 Å². The Morgan fingerprint density at radius 3 is 2.58 bits per heavy atom. The van der Waals surface area contributed by atoms with E-state index in [2.05, 4.69) is 15.6 Å². The fraction of sp³-hybridized carbons (Fsp3) is 0.520. The van der Waals surface area contributed by atoms with Crippen LogP contribution in [0.5, 0.6) is 0 Å². The molecule has 0 unspecified atom stereocenters. The highest BCUT2D eigenvalue weighted by molar-refractivity contribution is 6.12. The predicted molar refractivity (Wildman–Crippen MR) is 124 cm³/mol. The number of benzene rings is 1. The maximum atomic E-state index is 13.7. The van der Waals surface area contributed by atoms with Crippen molar-refractivity contribution in [1.82, 2.24) is 19.8 Å². The number of amides is 3. The van der Waals surface area contributed by atoms with Gasteiger partial charge in [-0.15, -0.1) is 0 Å². The van der Waals surface area contributed by atoms with Crippen molar-refractivity contribution in [2.75, 3.05) is 5.32 Å². The number of carbonyl (C=O) groups is 3. The molecule has 3 aliphatic rings. The van der Waals surface area contributed by atoms with Gasteiger partial charge in [-0.05, 0) is 50.7 Å². The van der Waals surface area contributed by atoms with E-state index in [1.165, 1.54) is 6.33 Å². The van der Waals surface area contributed by atoms with Gasteiger partial charge in [0.25, 0.3) is 11.8 Å². The zero-order valence-corrected chi connectivity index (χ0v) is 19.3. The molecule has 2 heterocycles. The van der Waals surface area contributed by atoms with Crippen LogP contribution in [0.2, 0.25) is 0 Å². The summed E-state index contributed by atoms with van der Waals surface area (Å²) in [6.45, 7) is 4.15. The van der Waals surface area contributed by atoms with E-state index in [4.69, 9.17) is 0 Å². The SMILES string of the molecule is CCc1ccccc1NC(=O)c1ncn2c1C(=O)N(C1CC1)[C@](C)(C(=O)NC1CCCC1)C2. The molecule has 2 saturated carbocycles. The number of carbonyl (C=O) groups excluding carboxylic acids is 3. The number of hydrogen-bond acceptors (Lipinski definition) is 4. The van der Waals surface area contributed by atoms with E-state index in [9.17, 15) is 14.4 Å². The number of fused-ring (bicyclic) bond motifs is 1. The van der Waals surface area contributed by atoms with Crippen LogP contribution in [0.15, 0.2) is 30.6 Å². The molecule has 2 aliphatic carbocycles. The minimum absolute atomic E-state index is 0.0252. The van der Waals surface area contributed by atoms with E-state index in [-0.39, 0.29) is 41.8 Å². The molecular formula is C25H31N5O3. The van der Waals surface area contributed by atoms with Crippen LogP contribution in [-0.2, 0) is 17.8 Å². The molecule has 0 radical (unpaired) electrons. The number of hydrogen-bond donors (Lipinski definition) is 2. The fourth-order valence-electron chi connectivity index (χ4n) is 5.26. The van der Waals surface area contributed by atoms with Crippen LogP contribution in [0.3, 0.4) is 0 Å². The van der Waals surface area contributed by atoms with E-state index >= 15 is 0 Å². The Balaban J connectivity index is 1.44. The van der Waals surface area contributed by atoms with Crippen LogP contribution in [0.4, 0.5) is 5.69 Å². The first-order valence-electron chi connectivity index (χ1n) is 12.0. The van der Waals surface area contributed by atoms with Crippen molar-refractivity contribution in [2.24, 2.45) is 0 Å². The highest BCUT2D eigenvalue weighted by atomic mass is 16.2. The summed E-state index contributed by atoms with van der Waals surface area (Å²) in [5, 5.41) is 6.10. The number of para-hydroxylation sites is 1. The molecule has 0 bridgehead atoms. The van der Waals surface area contributed by atoms with Crippen molar-refractivity contribution in [1.29, 1.82) is 0 Å². The van der Waals surface area contributed by atoms with Gasteiger partial charge in [-0.2, -0.15) is 0 Å². The maximum absolute atomic E-state index is 13.7. The summed E-state index contributed by atoms with van der Waals surface area (Å²) < 4.78 is 1.68. The van der Waals surface area contributed by atoms with E-state index < -0.39 is 11.4 Å². The first-order valence-corrected chi connectivity index (χ1v) is 12.0. The average Bonchev–Trinajstić information content (AvgIpc) is 3.31. The first kappa shape index (κ1) is 21.7. The first-order chi connectivity index (χ1) is 15.9. The number of rotatable bonds is 6. The van der Waals surface area contributed by atoms with Gasteiger partial charge >= 0.3 is 0 Å². The van der Waals surface area contributed by atoms with E-state index in [1.807, 2.05) is 38.1 Å². The summed E-state index contributed by atoms with van der Waals surface area (Å²) in [5.41, 5.74) is 1.10. The van der Waals surface area contributed by atoms with Gasteiger partial charge in [-0.25, -0.2) is 4.98 Å². The third kappa shape index (κ3) is 3.81. The van der Waals surface area contributed by atoms with Gasteiger partial charge in [0.05, 0.1) is 12.9 Å². The summed E-state index contributed by atoms with van der Waals surface area (Å²) in [7, 11) is 0. The molecule has 33 heavy (non-hydrogen) atoms. The zero-order valence-electron chi connectivity index (χ0n) is 19.3. The molecule has 5 rings (SSSR count). The Bertz CT molecular complexity index is 1100. The Labute approximate surface area is 193 Å². The molecule has 2 fully saturated rings. The lowest BCUT2D eigenvalue weighted by Crippen LogP contribution is -2.65. The average molecular weight is 450 g/mol. The van der Waals surface area contributed by atoms with Crippen LogP contribution in [0.25, 0.3) is 0 Å². The topological polar surface area (TPSA) is 96.3 Å². The number of nitrogens with zero attached hydrogens (tertiary/aromatic N) is 3. The molecule has 2 aromatic rings. The Kier molecular flexibility index (Phi) is 5.46. The summed E-state index contributed by atoms with van der Waals surface area (Å²) in [6, 6.07) is 7.81. The van der Waals surface area contributed by atoms with E-state index in [1.54, 1.807) is 9.47 Å². The standard InChI is InChI=1S/C25H31N5O3/c1-3-16-8-4-7-11-19(16)28-22(31)20-21-23(32)30(18-12-13-18)25(2,14-29(21)15-26-20)24(33)27-17-9-5-6-10-17/h4,7-8,11,15,17-18H,3,5-6,9-10,12-14H2,1-2H3,(H,27,33)(H,28,31)/t25-/m0/s1. The lowest BCUT2D eigenvalue weighted by atomic mass is 9.93. The number of aryl methyl sites for hydroxylation is 1. The molecule has 1 aliphatic heterocycles. The van der Waals surface area contributed by atoms with Crippen molar-refractivity contribution in [3.8, 4) is 0 Å². The predicted octanol–water partition coefficient (Wildman–Crippen LogP) is 3.13. The Morgan fingerprint density at radius 1 is 1.15 bits per heavy atom. The molecule has 8 nitrogen and oxygen atoms in total. The van der Waals surface area contributed by atoms with Crippen LogP contribution >= 0.6 is 0 Å². The molecule has 1 atom stereocenters. The summed E-state index contributed by atoms with van der Waals surface area (Å²) in [4.78, 5) is 46.3. The highest BCUT2D eigenvalue weighted by Gasteiger charge is 2.54. The van der Waals surface area contributed by atoms with Crippen molar-refractivity contribution >= 4 is 23.4 Å². The van der Waals surface area contributed by atoms with Crippen molar-refractivity contribution in [2.45, 2.75) is 83.0 Å². The number of nitrogens with one attached hydrogen (secondary N) is 2. The van der Waals surface area contributed by atoms with Crippen LogP contribution in [-0.4, -0.2) is 49.8 Å². The molecule has 0 saturated heterocycles. The minimum Gasteiger partial charge on any atom is -0.351 e. The number of anilines is 1. The number of imidazole rings is 1. The summed E-state index contributed by atoms with van der Waals surface area (Å²) in [5.74, 6) is -0.816. The van der Waals surface area contributed by atoms with Gasteiger partial charge in [-0.3, -0.25) is 14.4 Å². The van der Waals surface area contributed by atoms with Crippen molar-refractivity contribution < 1.29 is 14.4 Å². The van der Waals surface area contributed by atoms with Crippen LogP contribution in [0.1, 0.15) is 78.9 Å². The van der Waals surface area contributed by atoms with E-state index in [0.29, 0.717) is 0 Å². The van der Waals surface area contributed by atoms with E-state index in [0.717, 1.165) is 56.2 Å². The third-order valence-corrected chi connectivity index (χ3v) is 7.22. The second-order valence-corrected chi connectivity index (χ2v) is 9.67. The molecule has 2 N–H and O–H groups in total. The lowest BCUT2D eigenvalue weighted by Gasteiger charge is -2.44. The normalized spacial score (nSPS) is 22.8. The molecular weight excluding hydrogens is 418 g/mol. The summed E-state index contributed by atoms with van der Waals surface area (Å²) in [6.07, 6.45) is 8.25. The molecule has 3 amide bonds. The van der Waals surface area contributed by atoms with Crippen molar-refractivity contribution in [3.05, 3.63) is 47.5 Å². The maximum Gasteiger partial charge on any atom is 0.276 e. The molecule has 174 valence electrons. The van der Waals surface area contributed by atoms with Gasteiger partial charge in [0.1, 0.15) is 11.2 Å². The van der Waals surface area contributed by atoms with Gasteiger partial charge in [0.2, 0.25) is 5.91 Å². The quantitative estimate of drug-likeness (QED) is 0.708. The van der Waals surface area contributed by atoms with Gasteiger partial charge in [0, 0.05) is 17.8 Å². The zero-order chi connectivity index (χ0) is 23.2. The lowest BCUT2D eigenvalue weighted by molar-refractivity contribution is -0.134. The smallest absolute Gasteiger partial charge is 0.276 e. The minimum atomic E-state index is -1.00. The Morgan fingerprint density at radius 2 is 1.88 bits per heavy atom. The van der Waals surface area contributed by atoms with Gasteiger partial charge < -0.3 is 20.1 Å². The Hall–Kier alpha value is -3.16. The summed E-state index contributed by atoms with van der Waals surface area (Å²) >= 11 is 0. The third-order valence-electron chi connectivity index (χ3n) is 7.22. The number of aromatic nitrogens is 2. The monoisotopic (exact) mass is 449 g/mol. The van der Waals surface area contributed by atoms with Gasteiger partial charge in [-0.1, -0.05) is 38.0 Å². The van der Waals surface area contributed by atoms with Crippen LogP contribution in [0, 0.1) is 0 Å². The highest BCUT2D eigenvalue weighted by Crippen LogP contribution is 2.39. The van der Waals surface area contributed by atoms with Gasteiger partial charge in [0.15, 0.2) is 5.69 Å². The second kappa shape index (κ2) is 8.32. The second-order valence-electron chi connectivity index (χ2n) is 9.67. The fourth-order valence-corrected chi connectivity index (χ4v) is 5.26.